The molecule has 25 heavy (non-hydrogen) atoms. The van der Waals surface area contributed by atoms with Gasteiger partial charge in [0.15, 0.2) is 0 Å². The van der Waals surface area contributed by atoms with Gasteiger partial charge in [-0.25, -0.2) is 14.8 Å². The maximum Gasteiger partial charge on any atom is 0.365 e. The lowest BCUT2D eigenvalue weighted by molar-refractivity contribution is 0.0696. The van der Waals surface area contributed by atoms with Crippen LogP contribution >= 0.6 is 11.3 Å². The Hall–Kier alpha value is -2.93. The highest BCUT2D eigenvalue weighted by Crippen LogP contribution is 2.39. The number of carbonyl (C=O) groups is 1. The summed E-state index contributed by atoms with van der Waals surface area (Å²) in [6.07, 6.45) is 2.46. The number of rotatable bonds is 3. The largest absolute Gasteiger partial charge is 0.493 e. The van der Waals surface area contributed by atoms with Gasteiger partial charge in [0.1, 0.15) is 11.6 Å². The van der Waals surface area contributed by atoms with E-state index >= 15 is 0 Å². The fourth-order valence-electron chi connectivity index (χ4n) is 2.81. The average molecular weight is 353 g/mol. The molecule has 1 aliphatic rings. The number of fused-ring (bicyclic) bond motifs is 3. The molecule has 0 unspecified atom stereocenters. The van der Waals surface area contributed by atoms with Crippen molar-refractivity contribution in [2.45, 2.75) is 6.42 Å². The molecular weight excluding hydrogens is 338 g/mol. The van der Waals surface area contributed by atoms with E-state index in [9.17, 15) is 9.90 Å². The zero-order valence-electron chi connectivity index (χ0n) is 13.4. The third-order valence-electron chi connectivity index (χ3n) is 4.05. The summed E-state index contributed by atoms with van der Waals surface area (Å²) in [6.45, 7) is 0.513. The summed E-state index contributed by atoms with van der Waals surface area (Å²) in [4.78, 5) is 20.9. The van der Waals surface area contributed by atoms with Crippen LogP contribution in [0.5, 0.6) is 5.75 Å². The van der Waals surface area contributed by atoms with Gasteiger partial charge in [0, 0.05) is 35.7 Å². The normalized spacial score (nSPS) is 12.5. The number of anilines is 1. The van der Waals surface area contributed by atoms with Crippen LogP contribution in [0.1, 0.15) is 14.7 Å². The summed E-state index contributed by atoms with van der Waals surface area (Å²) in [5.74, 6) is 0.530. The van der Waals surface area contributed by atoms with Crippen LogP contribution < -0.4 is 10.1 Å². The zero-order valence-corrected chi connectivity index (χ0v) is 14.3. The SMILES string of the molecule is CNc1ccc(-c2ccc3c(c2)-c2nc(C(=O)O)sc2CCO3)cn1. The van der Waals surface area contributed by atoms with E-state index in [0.717, 1.165) is 33.1 Å². The summed E-state index contributed by atoms with van der Waals surface area (Å²) in [6, 6.07) is 9.77. The van der Waals surface area contributed by atoms with Gasteiger partial charge in [-0.2, -0.15) is 0 Å². The zero-order chi connectivity index (χ0) is 17.4. The molecule has 0 radical (unpaired) electrons. The molecule has 0 spiro atoms. The van der Waals surface area contributed by atoms with Crippen molar-refractivity contribution in [1.82, 2.24) is 9.97 Å². The van der Waals surface area contributed by atoms with Crippen LogP contribution in [0.3, 0.4) is 0 Å². The van der Waals surface area contributed by atoms with Crippen molar-refractivity contribution in [2.75, 3.05) is 19.0 Å². The fourth-order valence-corrected chi connectivity index (χ4v) is 3.71. The number of thiazole rings is 1. The van der Waals surface area contributed by atoms with Crippen molar-refractivity contribution in [3.63, 3.8) is 0 Å². The molecule has 2 aromatic heterocycles. The standard InChI is InChI=1S/C18H15N3O3S/c1-19-15-5-3-11(9-20-15)10-2-4-13-12(8-10)16-14(6-7-24-13)25-17(21-16)18(22)23/h2-5,8-9H,6-7H2,1H3,(H,19,20)(H,22,23). The molecule has 0 amide bonds. The third kappa shape index (κ3) is 2.83. The van der Waals surface area contributed by atoms with E-state index in [4.69, 9.17) is 4.74 Å². The molecule has 0 fully saturated rings. The molecule has 2 N–H and O–H groups in total. The summed E-state index contributed by atoms with van der Waals surface area (Å²) in [5, 5.41) is 12.3. The molecule has 3 aromatic rings. The molecule has 0 aliphatic carbocycles. The van der Waals surface area contributed by atoms with E-state index in [1.165, 1.54) is 11.3 Å². The predicted molar refractivity (Wildman–Crippen MR) is 96.5 cm³/mol. The number of nitrogens with one attached hydrogen (secondary N) is 1. The number of pyridine rings is 1. The van der Waals surface area contributed by atoms with E-state index in [1.807, 2.05) is 37.4 Å². The molecule has 3 heterocycles. The molecule has 6 nitrogen and oxygen atoms in total. The second-order valence-electron chi connectivity index (χ2n) is 5.59. The van der Waals surface area contributed by atoms with Crippen molar-refractivity contribution >= 4 is 23.1 Å². The van der Waals surface area contributed by atoms with Crippen LogP contribution in [0.25, 0.3) is 22.4 Å². The molecule has 0 bridgehead atoms. The first-order valence-corrected chi connectivity index (χ1v) is 8.62. The van der Waals surface area contributed by atoms with Crippen molar-refractivity contribution in [3.05, 3.63) is 46.4 Å². The Bertz CT molecular complexity index is 951. The Labute approximate surface area is 148 Å². The molecule has 126 valence electrons. The Morgan fingerprint density at radius 3 is 2.84 bits per heavy atom. The Kier molecular flexibility index (Phi) is 3.85. The second-order valence-corrected chi connectivity index (χ2v) is 6.67. The molecule has 0 atom stereocenters. The molecule has 0 saturated carbocycles. The Balaban J connectivity index is 1.82. The van der Waals surface area contributed by atoms with Gasteiger partial charge in [0.25, 0.3) is 0 Å². The highest BCUT2D eigenvalue weighted by atomic mass is 32.1. The smallest absolute Gasteiger partial charge is 0.365 e. The highest BCUT2D eigenvalue weighted by Gasteiger charge is 2.23. The Morgan fingerprint density at radius 1 is 1.28 bits per heavy atom. The van der Waals surface area contributed by atoms with Crippen molar-refractivity contribution in [2.24, 2.45) is 0 Å². The third-order valence-corrected chi connectivity index (χ3v) is 5.16. The lowest BCUT2D eigenvalue weighted by Gasteiger charge is -2.10. The molecule has 1 aliphatic heterocycles. The number of nitrogens with zero attached hydrogens (tertiary/aromatic N) is 2. The minimum absolute atomic E-state index is 0.114. The number of ether oxygens (including phenoxy) is 1. The summed E-state index contributed by atoms with van der Waals surface area (Å²) < 4.78 is 5.81. The number of aromatic carboxylic acids is 1. The monoisotopic (exact) mass is 353 g/mol. The highest BCUT2D eigenvalue weighted by molar-refractivity contribution is 7.14. The molecular formula is C18H15N3O3S. The van der Waals surface area contributed by atoms with Crippen LogP contribution in [0.15, 0.2) is 36.5 Å². The molecule has 4 rings (SSSR count). The van der Waals surface area contributed by atoms with Crippen LogP contribution in [0.2, 0.25) is 0 Å². The van der Waals surface area contributed by atoms with Gasteiger partial charge in [-0.3, -0.25) is 0 Å². The number of benzene rings is 1. The minimum Gasteiger partial charge on any atom is -0.493 e. The van der Waals surface area contributed by atoms with Gasteiger partial charge in [-0.1, -0.05) is 6.07 Å². The fraction of sp³-hybridized carbons (Fsp3) is 0.167. The topological polar surface area (TPSA) is 84.3 Å². The maximum absolute atomic E-state index is 11.3. The van der Waals surface area contributed by atoms with Gasteiger partial charge in [0.2, 0.25) is 5.01 Å². The van der Waals surface area contributed by atoms with Crippen LogP contribution in [0, 0.1) is 0 Å². The van der Waals surface area contributed by atoms with Gasteiger partial charge in [-0.05, 0) is 29.8 Å². The van der Waals surface area contributed by atoms with Gasteiger partial charge >= 0.3 is 5.97 Å². The van der Waals surface area contributed by atoms with Gasteiger partial charge in [-0.15, -0.1) is 11.3 Å². The summed E-state index contributed by atoms with van der Waals surface area (Å²) >= 11 is 1.22. The summed E-state index contributed by atoms with van der Waals surface area (Å²) in [5.41, 5.74) is 3.49. The van der Waals surface area contributed by atoms with Crippen LogP contribution in [-0.2, 0) is 6.42 Å². The number of hydrogen-bond acceptors (Lipinski definition) is 6. The number of carboxylic acid groups (broad SMARTS) is 1. The molecule has 0 saturated heterocycles. The predicted octanol–water partition coefficient (Wildman–Crippen LogP) is 3.55. The van der Waals surface area contributed by atoms with Crippen LogP contribution in [0.4, 0.5) is 5.82 Å². The number of carboxylic acids is 1. The van der Waals surface area contributed by atoms with E-state index < -0.39 is 5.97 Å². The first kappa shape index (κ1) is 15.6. The number of hydrogen-bond donors (Lipinski definition) is 2. The van der Waals surface area contributed by atoms with E-state index in [0.29, 0.717) is 18.7 Å². The summed E-state index contributed by atoms with van der Waals surface area (Å²) in [7, 11) is 1.82. The van der Waals surface area contributed by atoms with E-state index in [2.05, 4.69) is 15.3 Å². The number of aromatic nitrogens is 2. The first-order chi connectivity index (χ1) is 12.2. The van der Waals surface area contributed by atoms with Crippen molar-refractivity contribution < 1.29 is 14.6 Å². The quantitative estimate of drug-likeness (QED) is 0.749. The molecule has 1 aromatic carbocycles. The minimum atomic E-state index is -0.997. The lowest BCUT2D eigenvalue weighted by Crippen LogP contribution is -1.98. The lowest BCUT2D eigenvalue weighted by atomic mass is 10.0. The Morgan fingerprint density at radius 2 is 2.12 bits per heavy atom. The average Bonchev–Trinajstić information content (AvgIpc) is 2.99. The molecule has 7 heteroatoms. The van der Waals surface area contributed by atoms with Gasteiger partial charge < -0.3 is 15.2 Å². The van der Waals surface area contributed by atoms with E-state index in [1.54, 1.807) is 6.20 Å². The van der Waals surface area contributed by atoms with E-state index in [-0.39, 0.29) is 5.01 Å². The van der Waals surface area contributed by atoms with Crippen molar-refractivity contribution in [1.29, 1.82) is 0 Å². The maximum atomic E-state index is 11.3. The van der Waals surface area contributed by atoms with Crippen molar-refractivity contribution in [3.8, 4) is 28.1 Å². The first-order valence-electron chi connectivity index (χ1n) is 7.80. The van der Waals surface area contributed by atoms with Gasteiger partial charge in [0.05, 0.1) is 12.3 Å². The van der Waals surface area contributed by atoms with Crippen LogP contribution in [-0.4, -0.2) is 34.7 Å². The second kappa shape index (κ2) is 6.18.